The summed E-state index contributed by atoms with van der Waals surface area (Å²) in [6.45, 7) is 6.85. The second kappa shape index (κ2) is 14.7. The molecule has 2 rings (SSSR count). The Morgan fingerprint density at radius 3 is 2.35 bits per heavy atom. The first-order chi connectivity index (χ1) is 14.6. The van der Waals surface area contributed by atoms with Gasteiger partial charge in [-0.3, -0.25) is 4.99 Å². The maximum Gasteiger partial charge on any atom is 0.191 e. The fourth-order valence-electron chi connectivity index (χ4n) is 2.86. The fourth-order valence-corrected chi connectivity index (χ4v) is 2.86. The molecule has 7 nitrogen and oxygen atoms in total. The van der Waals surface area contributed by atoms with Gasteiger partial charge in [-0.05, 0) is 43.2 Å². The van der Waals surface area contributed by atoms with Crippen LogP contribution in [0.5, 0.6) is 17.2 Å². The SMILES string of the molecule is CCOc1cc(CNC(=NC)NCc2ccc(C)cc2OCCOC)ccc1OC.I. The lowest BCUT2D eigenvalue weighted by Gasteiger charge is -2.16. The molecule has 0 aliphatic rings. The third-order valence-electron chi connectivity index (χ3n) is 4.43. The predicted octanol–water partition coefficient (Wildman–Crippen LogP) is 3.91. The molecule has 2 aromatic rings. The number of ether oxygens (including phenoxy) is 4. The summed E-state index contributed by atoms with van der Waals surface area (Å²) in [6, 6.07) is 12.1. The molecule has 0 aliphatic carbocycles. The topological polar surface area (TPSA) is 73.3 Å². The second-order valence-electron chi connectivity index (χ2n) is 6.65. The van der Waals surface area contributed by atoms with E-state index < -0.39 is 0 Å². The Morgan fingerprint density at radius 1 is 0.903 bits per heavy atom. The minimum absolute atomic E-state index is 0. The second-order valence-corrected chi connectivity index (χ2v) is 6.65. The van der Waals surface area contributed by atoms with Crippen molar-refractivity contribution in [2.45, 2.75) is 26.9 Å². The van der Waals surface area contributed by atoms with Crippen LogP contribution in [0.2, 0.25) is 0 Å². The van der Waals surface area contributed by atoms with Crippen LogP contribution in [0.4, 0.5) is 0 Å². The van der Waals surface area contributed by atoms with Gasteiger partial charge in [-0.1, -0.05) is 18.2 Å². The summed E-state index contributed by atoms with van der Waals surface area (Å²) in [5, 5.41) is 6.67. The van der Waals surface area contributed by atoms with E-state index in [1.54, 1.807) is 21.3 Å². The molecule has 0 heterocycles. The van der Waals surface area contributed by atoms with E-state index in [1.165, 1.54) is 0 Å². The van der Waals surface area contributed by atoms with Crippen LogP contribution in [-0.4, -0.2) is 47.0 Å². The molecule has 31 heavy (non-hydrogen) atoms. The summed E-state index contributed by atoms with van der Waals surface area (Å²) in [5.74, 6) is 3.02. The third kappa shape index (κ3) is 8.82. The maximum atomic E-state index is 5.86. The first kappa shape index (κ1) is 26.8. The highest BCUT2D eigenvalue weighted by Gasteiger charge is 2.08. The number of rotatable bonds is 11. The van der Waals surface area contributed by atoms with Gasteiger partial charge >= 0.3 is 0 Å². The molecule has 8 heteroatoms. The molecule has 0 aliphatic heterocycles. The molecule has 0 bridgehead atoms. The van der Waals surface area contributed by atoms with Crippen LogP contribution in [0.1, 0.15) is 23.6 Å². The highest BCUT2D eigenvalue weighted by atomic mass is 127. The number of methoxy groups -OCH3 is 2. The summed E-state index contributed by atoms with van der Waals surface area (Å²) >= 11 is 0. The molecule has 0 amide bonds. The van der Waals surface area contributed by atoms with Gasteiger partial charge < -0.3 is 29.6 Å². The molecule has 0 saturated carbocycles. The molecule has 2 aromatic carbocycles. The van der Waals surface area contributed by atoms with Crippen LogP contribution in [-0.2, 0) is 17.8 Å². The zero-order valence-electron chi connectivity index (χ0n) is 19.0. The van der Waals surface area contributed by atoms with Gasteiger partial charge in [-0.15, -0.1) is 24.0 Å². The highest BCUT2D eigenvalue weighted by Crippen LogP contribution is 2.28. The average molecular weight is 543 g/mol. The first-order valence-corrected chi connectivity index (χ1v) is 10.1. The Morgan fingerprint density at radius 2 is 1.68 bits per heavy atom. The van der Waals surface area contributed by atoms with Crippen molar-refractivity contribution < 1.29 is 18.9 Å². The van der Waals surface area contributed by atoms with E-state index in [0.717, 1.165) is 33.9 Å². The van der Waals surface area contributed by atoms with Crippen LogP contribution < -0.4 is 24.8 Å². The lowest BCUT2D eigenvalue weighted by Crippen LogP contribution is -2.36. The van der Waals surface area contributed by atoms with Crippen LogP contribution in [0.25, 0.3) is 0 Å². The number of hydrogen-bond donors (Lipinski definition) is 2. The largest absolute Gasteiger partial charge is 0.493 e. The van der Waals surface area contributed by atoms with Gasteiger partial charge in [0.1, 0.15) is 12.4 Å². The van der Waals surface area contributed by atoms with E-state index in [-0.39, 0.29) is 24.0 Å². The smallest absolute Gasteiger partial charge is 0.191 e. The van der Waals surface area contributed by atoms with Crippen molar-refractivity contribution in [3.63, 3.8) is 0 Å². The van der Waals surface area contributed by atoms with Gasteiger partial charge in [0.25, 0.3) is 0 Å². The first-order valence-electron chi connectivity index (χ1n) is 10.1. The predicted molar refractivity (Wildman–Crippen MR) is 135 cm³/mol. The molecule has 0 unspecified atom stereocenters. The van der Waals surface area contributed by atoms with E-state index in [9.17, 15) is 0 Å². The number of guanidine groups is 1. The van der Waals surface area contributed by atoms with Crippen molar-refractivity contribution in [3.05, 3.63) is 53.1 Å². The third-order valence-corrected chi connectivity index (χ3v) is 4.43. The van der Waals surface area contributed by atoms with E-state index in [1.807, 2.05) is 38.1 Å². The molecular weight excluding hydrogens is 509 g/mol. The van der Waals surface area contributed by atoms with Gasteiger partial charge in [0.15, 0.2) is 17.5 Å². The Hall–Kier alpha value is -2.20. The van der Waals surface area contributed by atoms with Gasteiger partial charge in [-0.25, -0.2) is 0 Å². The Labute approximate surface area is 202 Å². The van der Waals surface area contributed by atoms with Crippen LogP contribution in [0, 0.1) is 6.92 Å². The molecule has 2 N–H and O–H groups in total. The monoisotopic (exact) mass is 543 g/mol. The summed E-state index contributed by atoms with van der Waals surface area (Å²) in [5.41, 5.74) is 3.28. The van der Waals surface area contributed by atoms with E-state index in [4.69, 9.17) is 18.9 Å². The van der Waals surface area contributed by atoms with Gasteiger partial charge in [0.2, 0.25) is 0 Å². The Balaban J connectivity index is 0.00000480. The highest BCUT2D eigenvalue weighted by molar-refractivity contribution is 14.0. The molecular formula is C23H34IN3O4. The summed E-state index contributed by atoms with van der Waals surface area (Å²) in [7, 11) is 5.05. The number of aryl methyl sites for hydroxylation is 1. The normalized spacial score (nSPS) is 10.8. The van der Waals surface area contributed by atoms with Gasteiger partial charge in [-0.2, -0.15) is 0 Å². The van der Waals surface area contributed by atoms with Crippen molar-refractivity contribution in [2.75, 3.05) is 41.1 Å². The van der Waals surface area contributed by atoms with Gasteiger partial charge in [0.05, 0.1) is 20.3 Å². The van der Waals surface area contributed by atoms with E-state index in [0.29, 0.717) is 38.9 Å². The summed E-state index contributed by atoms with van der Waals surface area (Å²) < 4.78 is 21.9. The lowest BCUT2D eigenvalue weighted by molar-refractivity contribution is 0.145. The number of hydrogen-bond acceptors (Lipinski definition) is 5. The van der Waals surface area contributed by atoms with Gasteiger partial charge in [0, 0.05) is 32.8 Å². The average Bonchev–Trinajstić information content (AvgIpc) is 2.75. The zero-order chi connectivity index (χ0) is 21.8. The minimum Gasteiger partial charge on any atom is -0.493 e. The number of aliphatic imine (C=N–C) groups is 1. The molecule has 0 radical (unpaired) electrons. The number of halogens is 1. The number of benzene rings is 2. The van der Waals surface area contributed by atoms with Crippen molar-refractivity contribution in [1.82, 2.24) is 10.6 Å². The van der Waals surface area contributed by atoms with E-state index in [2.05, 4.69) is 27.8 Å². The van der Waals surface area contributed by atoms with Crippen LogP contribution >= 0.6 is 24.0 Å². The van der Waals surface area contributed by atoms with Crippen molar-refractivity contribution in [1.29, 1.82) is 0 Å². The molecule has 0 aromatic heterocycles. The molecule has 0 fully saturated rings. The maximum absolute atomic E-state index is 5.86. The van der Waals surface area contributed by atoms with Crippen molar-refractivity contribution in [3.8, 4) is 17.2 Å². The molecule has 0 atom stereocenters. The standard InChI is InChI=1S/C23H33N3O4.HI/c1-6-29-22-14-18(8-10-20(22)28-5)15-25-23(24-3)26-16-19-9-7-17(2)13-21(19)30-12-11-27-4;/h7-10,13-14H,6,11-12,15-16H2,1-5H3,(H2,24,25,26);1H. The lowest BCUT2D eigenvalue weighted by atomic mass is 10.1. The van der Waals surface area contributed by atoms with Crippen LogP contribution in [0.3, 0.4) is 0 Å². The Kier molecular flexibility index (Phi) is 12.8. The van der Waals surface area contributed by atoms with Crippen LogP contribution in [0.15, 0.2) is 41.4 Å². The van der Waals surface area contributed by atoms with E-state index >= 15 is 0 Å². The van der Waals surface area contributed by atoms with Crippen molar-refractivity contribution >= 4 is 29.9 Å². The fraction of sp³-hybridized carbons (Fsp3) is 0.435. The summed E-state index contributed by atoms with van der Waals surface area (Å²) in [4.78, 5) is 4.31. The quantitative estimate of drug-likeness (QED) is 0.194. The minimum atomic E-state index is 0. The van der Waals surface area contributed by atoms with Crippen molar-refractivity contribution in [2.24, 2.45) is 4.99 Å². The Bertz CT molecular complexity index is 830. The molecule has 172 valence electrons. The molecule has 0 spiro atoms. The number of nitrogens with one attached hydrogen (secondary N) is 2. The molecule has 0 saturated heterocycles. The number of nitrogens with zero attached hydrogens (tertiary/aromatic N) is 1. The summed E-state index contributed by atoms with van der Waals surface area (Å²) in [6.07, 6.45) is 0. The zero-order valence-corrected chi connectivity index (χ0v) is 21.3.